The fourth-order valence-electron chi connectivity index (χ4n) is 2.86. The van der Waals surface area contributed by atoms with E-state index in [1.54, 1.807) is 0 Å². The molecule has 0 radical (unpaired) electrons. The lowest BCUT2D eigenvalue weighted by molar-refractivity contribution is 0.0277. The van der Waals surface area contributed by atoms with Crippen molar-refractivity contribution in [3.8, 4) is 0 Å². The molecule has 0 bridgehead atoms. The molecule has 104 valence electrons. The summed E-state index contributed by atoms with van der Waals surface area (Å²) in [5, 5.41) is 4.28. The van der Waals surface area contributed by atoms with Crippen LogP contribution in [0.4, 0.5) is 0 Å². The van der Waals surface area contributed by atoms with Gasteiger partial charge in [0.15, 0.2) is 0 Å². The fourth-order valence-corrected chi connectivity index (χ4v) is 4.31. The maximum atomic E-state index is 6.50. The largest absolute Gasteiger partial charge is 0.371 e. The molecule has 1 atom stereocenters. The summed E-state index contributed by atoms with van der Waals surface area (Å²) in [5.74, 6) is 3.17. The second kappa shape index (κ2) is 6.49. The highest BCUT2D eigenvalue weighted by atomic mass is 35.5. The summed E-state index contributed by atoms with van der Waals surface area (Å²) < 4.78 is 5.78. The van der Waals surface area contributed by atoms with E-state index in [1.807, 2.05) is 0 Å². The van der Waals surface area contributed by atoms with Crippen LogP contribution in [0.1, 0.15) is 36.0 Å². The van der Waals surface area contributed by atoms with Crippen LogP contribution in [0.15, 0.2) is 18.2 Å². The van der Waals surface area contributed by atoms with E-state index in [0.717, 1.165) is 24.7 Å². The Morgan fingerprint density at radius 3 is 2.79 bits per heavy atom. The molecule has 0 saturated carbocycles. The van der Waals surface area contributed by atoms with Crippen molar-refractivity contribution in [2.24, 2.45) is 0 Å². The average molecular weight is 298 g/mol. The first-order valence-electron chi connectivity index (χ1n) is 7.04. The van der Waals surface area contributed by atoms with Gasteiger partial charge < -0.3 is 10.1 Å². The van der Waals surface area contributed by atoms with Crippen molar-refractivity contribution in [2.45, 2.75) is 24.9 Å². The van der Waals surface area contributed by atoms with E-state index in [4.69, 9.17) is 16.3 Å². The Bertz CT molecular complexity index is 428. The quantitative estimate of drug-likeness (QED) is 0.901. The van der Waals surface area contributed by atoms with Crippen LogP contribution < -0.4 is 5.32 Å². The lowest BCUT2D eigenvalue weighted by Gasteiger charge is -2.26. The molecule has 2 aliphatic heterocycles. The van der Waals surface area contributed by atoms with Gasteiger partial charge in [-0.15, -0.1) is 0 Å². The number of morpholine rings is 1. The molecule has 1 N–H and O–H groups in total. The van der Waals surface area contributed by atoms with E-state index in [2.05, 4.69) is 35.3 Å². The third kappa shape index (κ3) is 3.27. The molecule has 1 unspecified atom stereocenters. The first-order valence-corrected chi connectivity index (χ1v) is 8.57. The molecule has 0 spiro atoms. The van der Waals surface area contributed by atoms with E-state index in [1.165, 1.54) is 35.5 Å². The summed E-state index contributed by atoms with van der Waals surface area (Å²) in [5.41, 5.74) is 2.53. The maximum absolute atomic E-state index is 6.50. The first kappa shape index (κ1) is 13.7. The van der Waals surface area contributed by atoms with Crippen LogP contribution in [-0.2, 0) is 4.74 Å². The molecule has 19 heavy (non-hydrogen) atoms. The first-order chi connectivity index (χ1) is 9.34. The minimum atomic E-state index is 0.155. The Hall–Kier alpha value is -0.220. The number of hydrogen-bond acceptors (Lipinski definition) is 3. The van der Waals surface area contributed by atoms with Crippen molar-refractivity contribution in [1.29, 1.82) is 0 Å². The smallest absolute Gasteiger partial charge is 0.0950 e. The van der Waals surface area contributed by atoms with Crippen LogP contribution in [0.3, 0.4) is 0 Å². The van der Waals surface area contributed by atoms with Gasteiger partial charge in [0.05, 0.1) is 12.7 Å². The molecule has 0 aromatic heterocycles. The standard InChI is InChI=1S/C15H20ClNOS/c16-14-9-12(15-10-17-5-6-18-15)1-2-13(14)11-3-7-19-8-4-11/h1-2,9,11,15,17H,3-8,10H2. The number of thioether (sulfide) groups is 1. The fraction of sp³-hybridized carbons (Fsp3) is 0.600. The molecule has 0 aliphatic carbocycles. The normalized spacial score (nSPS) is 25.4. The summed E-state index contributed by atoms with van der Waals surface area (Å²) in [7, 11) is 0. The second-order valence-electron chi connectivity index (χ2n) is 5.23. The summed E-state index contributed by atoms with van der Waals surface area (Å²) >= 11 is 8.55. The number of rotatable bonds is 2. The molecule has 2 aliphatic rings. The Labute approximate surface area is 124 Å². The maximum Gasteiger partial charge on any atom is 0.0950 e. The molecule has 2 fully saturated rings. The highest BCUT2D eigenvalue weighted by Crippen LogP contribution is 2.36. The van der Waals surface area contributed by atoms with Crippen LogP contribution >= 0.6 is 23.4 Å². The van der Waals surface area contributed by atoms with Gasteiger partial charge in [0, 0.05) is 18.1 Å². The molecule has 4 heteroatoms. The van der Waals surface area contributed by atoms with Crippen LogP contribution in [0.5, 0.6) is 0 Å². The molecule has 1 aromatic carbocycles. The Balaban J connectivity index is 1.76. The molecule has 0 amide bonds. The lowest BCUT2D eigenvalue weighted by atomic mass is 9.92. The highest BCUT2D eigenvalue weighted by Gasteiger charge is 2.21. The van der Waals surface area contributed by atoms with Gasteiger partial charge in [-0.1, -0.05) is 23.7 Å². The number of benzene rings is 1. The van der Waals surface area contributed by atoms with E-state index in [9.17, 15) is 0 Å². The zero-order valence-electron chi connectivity index (χ0n) is 11.0. The number of ether oxygens (including phenoxy) is 1. The van der Waals surface area contributed by atoms with Gasteiger partial charge in [0.2, 0.25) is 0 Å². The van der Waals surface area contributed by atoms with Crippen LogP contribution in [-0.4, -0.2) is 31.2 Å². The van der Waals surface area contributed by atoms with Crippen molar-refractivity contribution in [3.63, 3.8) is 0 Å². The minimum Gasteiger partial charge on any atom is -0.371 e. The predicted octanol–water partition coefficient (Wildman–Crippen LogP) is 3.61. The van der Waals surface area contributed by atoms with E-state index >= 15 is 0 Å². The predicted molar refractivity (Wildman–Crippen MR) is 82.3 cm³/mol. The molecule has 3 rings (SSSR count). The lowest BCUT2D eigenvalue weighted by Crippen LogP contribution is -2.33. The van der Waals surface area contributed by atoms with Crippen molar-refractivity contribution >= 4 is 23.4 Å². The summed E-state index contributed by atoms with van der Waals surface area (Å²) in [4.78, 5) is 0. The van der Waals surface area contributed by atoms with Gasteiger partial charge in [0.25, 0.3) is 0 Å². The van der Waals surface area contributed by atoms with Crippen molar-refractivity contribution < 1.29 is 4.74 Å². The highest BCUT2D eigenvalue weighted by molar-refractivity contribution is 7.99. The van der Waals surface area contributed by atoms with Gasteiger partial charge in [-0.2, -0.15) is 11.8 Å². The molecule has 2 heterocycles. The van der Waals surface area contributed by atoms with Crippen LogP contribution in [0, 0.1) is 0 Å². The van der Waals surface area contributed by atoms with Crippen molar-refractivity contribution in [1.82, 2.24) is 5.32 Å². The van der Waals surface area contributed by atoms with E-state index in [-0.39, 0.29) is 6.10 Å². The summed E-state index contributed by atoms with van der Waals surface area (Å²) in [6.07, 6.45) is 2.67. The zero-order valence-corrected chi connectivity index (χ0v) is 12.6. The van der Waals surface area contributed by atoms with Gasteiger partial charge in [-0.3, -0.25) is 0 Å². The zero-order chi connectivity index (χ0) is 13.1. The number of halogens is 1. The van der Waals surface area contributed by atoms with Crippen LogP contribution in [0.2, 0.25) is 5.02 Å². The van der Waals surface area contributed by atoms with Gasteiger partial charge in [0.1, 0.15) is 0 Å². The molecular formula is C15H20ClNOS. The SMILES string of the molecule is Clc1cc(C2CNCCO2)ccc1C1CCSCC1. The average Bonchev–Trinajstić information content (AvgIpc) is 2.49. The summed E-state index contributed by atoms with van der Waals surface area (Å²) in [6, 6.07) is 6.52. The minimum absolute atomic E-state index is 0.155. The second-order valence-corrected chi connectivity index (χ2v) is 6.86. The molecular weight excluding hydrogens is 278 g/mol. The van der Waals surface area contributed by atoms with Crippen molar-refractivity contribution in [2.75, 3.05) is 31.2 Å². The van der Waals surface area contributed by atoms with Crippen LogP contribution in [0.25, 0.3) is 0 Å². The summed E-state index contributed by atoms with van der Waals surface area (Å²) in [6.45, 7) is 2.61. The topological polar surface area (TPSA) is 21.3 Å². The Morgan fingerprint density at radius 1 is 1.26 bits per heavy atom. The van der Waals surface area contributed by atoms with Gasteiger partial charge >= 0.3 is 0 Å². The molecule has 2 saturated heterocycles. The van der Waals surface area contributed by atoms with Gasteiger partial charge in [-0.25, -0.2) is 0 Å². The number of hydrogen-bond donors (Lipinski definition) is 1. The van der Waals surface area contributed by atoms with E-state index in [0.29, 0.717) is 5.92 Å². The third-order valence-corrected chi connectivity index (χ3v) is 5.36. The monoisotopic (exact) mass is 297 g/mol. The van der Waals surface area contributed by atoms with Gasteiger partial charge in [-0.05, 0) is 47.5 Å². The Morgan fingerprint density at radius 2 is 2.11 bits per heavy atom. The molecule has 1 aromatic rings. The number of nitrogens with one attached hydrogen (secondary N) is 1. The van der Waals surface area contributed by atoms with E-state index < -0.39 is 0 Å². The molecule has 2 nitrogen and oxygen atoms in total. The van der Waals surface area contributed by atoms with Crippen molar-refractivity contribution in [3.05, 3.63) is 34.3 Å². The Kier molecular flexibility index (Phi) is 4.69. The third-order valence-electron chi connectivity index (χ3n) is 3.99.